The van der Waals surface area contributed by atoms with Crippen molar-refractivity contribution >= 4 is 115 Å². The molecule has 0 saturated carbocycles. The molecule has 0 N–H and O–H groups in total. The summed E-state index contributed by atoms with van der Waals surface area (Å²) in [5.74, 6) is 0. The van der Waals surface area contributed by atoms with Crippen LogP contribution in [0.2, 0.25) is 13.1 Å². The molecule has 3 heterocycles. The van der Waals surface area contributed by atoms with Crippen LogP contribution in [0.3, 0.4) is 0 Å². The summed E-state index contributed by atoms with van der Waals surface area (Å²) in [6, 6.07) is 85.0. The van der Waals surface area contributed by atoms with E-state index in [2.05, 4.69) is 242 Å². The van der Waals surface area contributed by atoms with E-state index in [9.17, 15) is 0 Å². The molecule has 0 spiro atoms. The van der Waals surface area contributed by atoms with Crippen LogP contribution in [0.1, 0.15) is 0 Å². The predicted molar refractivity (Wildman–Crippen MR) is 302 cm³/mol. The maximum absolute atomic E-state index is 2.55. The van der Waals surface area contributed by atoms with Gasteiger partial charge in [-0.05, 0) is 165 Å². The molecule has 0 atom stereocenters. The molecule has 0 radical (unpaired) electrons. The van der Waals surface area contributed by atoms with Crippen LogP contribution < -0.4 is 10.4 Å². The molecular formula is C66H43NSSi. The molecule has 12 aromatic carbocycles. The van der Waals surface area contributed by atoms with Crippen LogP contribution in [0.4, 0.5) is 0 Å². The van der Waals surface area contributed by atoms with Gasteiger partial charge in [0.25, 0.3) is 0 Å². The number of hydrogen-bond donors (Lipinski definition) is 0. The summed E-state index contributed by atoms with van der Waals surface area (Å²) in [6.45, 7) is 5.10. The van der Waals surface area contributed by atoms with Gasteiger partial charge in [-0.2, -0.15) is 0 Å². The van der Waals surface area contributed by atoms with Gasteiger partial charge < -0.3 is 4.57 Å². The molecule has 0 fully saturated rings. The molecule has 3 heteroatoms. The minimum absolute atomic E-state index is 1.21. The maximum Gasteiger partial charge on any atom is 0.113 e. The van der Waals surface area contributed by atoms with Gasteiger partial charge in [-0.1, -0.05) is 171 Å². The van der Waals surface area contributed by atoms with E-state index in [-0.39, 0.29) is 0 Å². The third-order valence-electron chi connectivity index (χ3n) is 15.6. The molecule has 0 amide bonds. The van der Waals surface area contributed by atoms with E-state index in [1.54, 1.807) is 0 Å². The second kappa shape index (κ2) is 14.5. The molecule has 0 unspecified atom stereocenters. The van der Waals surface area contributed by atoms with Gasteiger partial charge in [0.1, 0.15) is 8.07 Å². The molecule has 15 rings (SSSR count). The molecule has 1 aliphatic rings. The van der Waals surface area contributed by atoms with E-state index < -0.39 is 8.07 Å². The fourth-order valence-corrected chi connectivity index (χ4v) is 16.4. The molecule has 0 aliphatic carbocycles. The lowest BCUT2D eigenvalue weighted by Crippen LogP contribution is -2.49. The lowest BCUT2D eigenvalue weighted by Gasteiger charge is -2.20. The van der Waals surface area contributed by atoms with Gasteiger partial charge in [0.15, 0.2) is 0 Å². The lowest BCUT2D eigenvalue weighted by molar-refractivity contribution is 1.18. The minimum Gasteiger partial charge on any atom is -0.309 e. The zero-order valence-electron chi connectivity index (χ0n) is 38.2. The standard InChI is InChI=1S/C66H43NSSi/c1-69(2)65-38-41(40-26-32-64-60(33-40)53-21-11-12-22-63(53)68-64)23-28-54(65)55-29-27-46(39-66(55)69)67-61-30-24-44(56-34-42-13-3-5-15-47(42)49-17-7-9-19-51(49)56)36-58(61)59-37-45(25-31-62(59)67)57-35-43-14-4-6-16-48(43)50-18-8-10-20-52(50)57/h3-39H,1-2H3. The number of aromatic nitrogens is 1. The molecular weight excluding hydrogens is 867 g/mol. The summed E-state index contributed by atoms with van der Waals surface area (Å²) in [6.07, 6.45) is 0. The first-order chi connectivity index (χ1) is 33.9. The fourth-order valence-electron chi connectivity index (χ4n) is 12.2. The van der Waals surface area contributed by atoms with E-state index in [1.807, 2.05) is 11.3 Å². The largest absolute Gasteiger partial charge is 0.309 e. The van der Waals surface area contributed by atoms with Crippen molar-refractivity contribution in [3.63, 3.8) is 0 Å². The Bertz CT molecular complexity index is 4350. The molecule has 322 valence electrons. The fraction of sp³-hybridized carbons (Fsp3) is 0.0303. The van der Waals surface area contributed by atoms with Gasteiger partial charge in [0.05, 0.1) is 11.0 Å². The van der Waals surface area contributed by atoms with Gasteiger partial charge in [0.2, 0.25) is 0 Å². The Morgan fingerprint density at radius 3 is 1.38 bits per heavy atom. The van der Waals surface area contributed by atoms with E-state index in [4.69, 9.17) is 0 Å². The molecule has 0 saturated heterocycles. The molecule has 69 heavy (non-hydrogen) atoms. The Balaban J connectivity index is 0.920. The van der Waals surface area contributed by atoms with Crippen molar-refractivity contribution in [2.45, 2.75) is 13.1 Å². The van der Waals surface area contributed by atoms with Crippen LogP contribution in [-0.2, 0) is 0 Å². The van der Waals surface area contributed by atoms with Crippen molar-refractivity contribution in [3.05, 3.63) is 224 Å². The number of benzene rings is 12. The molecule has 1 aliphatic heterocycles. The number of thiophene rings is 1. The Morgan fingerprint density at radius 1 is 0.304 bits per heavy atom. The monoisotopic (exact) mass is 909 g/mol. The number of hydrogen-bond acceptors (Lipinski definition) is 1. The molecule has 0 bridgehead atoms. The van der Waals surface area contributed by atoms with Gasteiger partial charge in [0, 0.05) is 36.6 Å². The topological polar surface area (TPSA) is 4.93 Å². The van der Waals surface area contributed by atoms with Crippen molar-refractivity contribution in [1.82, 2.24) is 4.57 Å². The van der Waals surface area contributed by atoms with Gasteiger partial charge >= 0.3 is 0 Å². The number of nitrogens with zero attached hydrogens (tertiary/aromatic N) is 1. The van der Waals surface area contributed by atoms with Crippen LogP contribution in [0.25, 0.3) is 135 Å². The second-order valence-electron chi connectivity index (χ2n) is 19.6. The van der Waals surface area contributed by atoms with E-state index in [0.29, 0.717) is 0 Å². The smallest absolute Gasteiger partial charge is 0.113 e. The predicted octanol–water partition coefficient (Wildman–Crippen LogP) is 17.6. The number of rotatable bonds is 4. The highest BCUT2D eigenvalue weighted by atomic mass is 32.1. The van der Waals surface area contributed by atoms with Gasteiger partial charge in [-0.25, -0.2) is 0 Å². The average Bonchev–Trinajstić information content (AvgIpc) is 4.02. The maximum atomic E-state index is 2.55. The Morgan fingerprint density at radius 2 is 0.754 bits per heavy atom. The van der Waals surface area contributed by atoms with Crippen LogP contribution >= 0.6 is 11.3 Å². The van der Waals surface area contributed by atoms with Crippen molar-refractivity contribution in [3.8, 4) is 50.2 Å². The summed E-state index contributed by atoms with van der Waals surface area (Å²) in [4.78, 5) is 0. The second-order valence-corrected chi connectivity index (χ2v) is 25.0. The molecule has 1 nitrogen and oxygen atoms in total. The van der Waals surface area contributed by atoms with Crippen molar-refractivity contribution in [1.29, 1.82) is 0 Å². The Hall–Kier alpha value is -8.08. The summed E-state index contributed by atoms with van der Waals surface area (Å²) in [7, 11) is -2.12. The first-order valence-electron chi connectivity index (χ1n) is 24.1. The van der Waals surface area contributed by atoms with E-state index >= 15 is 0 Å². The Kier molecular flexibility index (Phi) is 8.17. The van der Waals surface area contributed by atoms with Crippen molar-refractivity contribution < 1.29 is 0 Å². The van der Waals surface area contributed by atoms with E-state index in [1.165, 1.54) is 146 Å². The highest BCUT2D eigenvalue weighted by molar-refractivity contribution is 7.25. The summed E-state index contributed by atoms with van der Waals surface area (Å²) in [5.41, 5.74) is 14.0. The Labute approximate surface area is 404 Å². The minimum atomic E-state index is -2.12. The quantitative estimate of drug-likeness (QED) is 0.122. The van der Waals surface area contributed by atoms with Gasteiger partial charge in [-0.3, -0.25) is 0 Å². The van der Waals surface area contributed by atoms with Gasteiger partial charge in [-0.15, -0.1) is 11.3 Å². The van der Waals surface area contributed by atoms with Crippen molar-refractivity contribution in [2.24, 2.45) is 0 Å². The molecule has 2 aromatic heterocycles. The first kappa shape index (κ1) is 39.0. The zero-order chi connectivity index (χ0) is 45.5. The normalized spacial score (nSPS) is 13.2. The third-order valence-corrected chi connectivity index (χ3v) is 20.2. The van der Waals surface area contributed by atoms with Crippen LogP contribution in [0.15, 0.2) is 224 Å². The summed E-state index contributed by atoms with van der Waals surface area (Å²) in [5, 5.41) is 18.4. The number of fused-ring (bicyclic) bond motifs is 15. The molecule has 14 aromatic rings. The third kappa shape index (κ3) is 5.69. The highest BCUT2D eigenvalue weighted by Gasteiger charge is 2.38. The zero-order valence-corrected chi connectivity index (χ0v) is 40.0. The average molecular weight is 910 g/mol. The lowest BCUT2D eigenvalue weighted by atomic mass is 9.92. The summed E-state index contributed by atoms with van der Waals surface area (Å²) < 4.78 is 5.23. The van der Waals surface area contributed by atoms with E-state index in [0.717, 1.165) is 0 Å². The van der Waals surface area contributed by atoms with Crippen molar-refractivity contribution in [2.75, 3.05) is 0 Å². The van der Waals surface area contributed by atoms with Crippen LogP contribution in [-0.4, -0.2) is 12.6 Å². The SMILES string of the molecule is C[Si]1(C)c2cc(-c3ccc4sc5ccccc5c4c3)ccc2-c2ccc(-n3c4ccc(-c5cc6ccccc6c6ccccc56)cc4c4cc(-c5cc6ccccc6c6ccccc56)ccc43)cc21. The van der Waals surface area contributed by atoms with Crippen LogP contribution in [0.5, 0.6) is 0 Å². The summed E-state index contributed by atoms with van der Waals surface area (Å²) >= 11 is 1.88. The first-order valence-corrected chi connectivity index (χ1v) is 27.9. The highest BCUT2D eigenvalue weighted by Crippen LogP contribution is 2.43. The van der Waals surface area contributed by atoms with Crippen LogP contribution in [0, 0.1) is 0 Å².